The second-order valence-electron chi connectivity index (χ2n) is 5.19. The molecule has 21 heavy (non-hydrogen) atoms. The lowest BCUT2D eigenvalue weighted by Crippen LogP contribution is -2.05. The molecule has 114 valence electrons. The van der Waals surface area contributed by atoms with Gasteiger partial charge in [-0.2, -0.15) is 0 Å². The van der Waals surface area contributed by atoms with Crippen molar-refractivity contribution >= 4 is 25.4 Å². The Morgan fingerprint density at radius 2 is 1.05 bits per heavy atom. The first-order valence-corrected chi connectivity index (χ1v) is 8.08. The van der Waals surface area contributed by atoms with Gasteiger partial charge in [0.15, 0.2) is 0 Å². The molecule has 0 spiro atoms. The molecule has 0 unspecified atom stereocenters. The van der Waals surface area contributed by atoms with Gasteiger partial charge >= 0.3 is 0 Å². The van der Waals surface area contributed by atoms with Crippen LogP contribution in [-0.4, -0.2) is 5.66 Å². The smallest absolute Gasteiger partial charge is 0.293 e. The fraction of sp³-hybridized carbons (Fsp3) is 0.294. The predicted octanol–water partition coefficient (Wildman–Crippen LogP) is 6.06. The average molecular weight is 369 g/mol. The zero-order valence-corrected chi connectivity index (χ0v) is 15.5. The van der Waals surface area contributed by atoms with Gasteiger partial charge in [-0.25, -0.2) is 0 Å². The molecule has 2 rings (SSSR count). The van der Waals surface area contributed by atoms with Gasteiger partial charge in [-0.15, -0.1) is 17.0 Å². The van der Waals surface area contributed by atoms with Gasteiger partial charge < -0.3 is 9.05 Å². The Hall–Kier alpha value is -1.05. The maximum atomic E-state index is 6.01. The topological polar surface area (TPSA) is 18.5 Å². The minimum absolute atomic E-state index is 0. The predicted molar refractivity (Wildman–Crippen MR) is 96.0 cm³/mol. The van der Waals surface area contributed by atoms with E-state index < -0.39 is 8.38 Å². The van der Waals surface area contributed by atoms with Gasteiger partial charge in [-0.05, 0) is 38.1 Å². The third kappa shape index (κ3) is 5.68. The lowest BCUT2D eigenvalue weighted by Gasteiger charge is -2.21. The van der Waals surface area contributed by atoms with Crippen molar-refractivity contribution in [2.45, 2.75) is 33.4 Å². The van der Waals surface area contributed by atoms with Gasteiger partial charge in [0.25, 0.3) is 8.38 Å². The van der Waals surface area contributed by atoms with Gasteiger partial charge in [-0.1, -0.05) is 49.2 Å². The van der Waals surface area contributed by atoms with Crippen LogP contribution in [0.2, 0.25) is 0 Å². The molecule has 2 aromatic rings. The van der Waals surface area contributed by atoms with Gasteiger partial charge in [-0.3, -0.25) is 0 Å². The van der Waals surface area contributed by atoms with E-state index in [1.807, 2.05) is 24.3 Å². The van der Waals surface area contributed by atoms with Crippen molar-refractivity contribution in [3.05, 3.63) is 59.7 Å². The second kappa shape index (κ2) is 8.41. The Kier molecular flexibility index (Phi) is 7.21. The Balaban J connectivity index is 0.00000220. The first-order valence-electron chi connectivity index (χ1n) is 6.83. The standard InChI is InChI=1S/C17H21O2P.BrH/c1-13(2)20(18-16-9-5-14(3)6-10-16)19-17-11-7-15(4)8-12-17;/h5-13H,1-4H3;1H. The summed E-state index contributed by atoms with van der Waals surface area (Å²) >= 11 is 0. The van der Waals surface area contributed by atoms with Crippen molar-refractivity contribution in [1.82, 2.24) is 0 Å². The van der Waals surface area contributed by atoms with Crippen LogP contribution < -0.4 is 9.05 Å². The van der Waals surface area contributed by atoms with Crippen LogP contribution in [0.4, 0.5) is 0 Å². The SMILES string of the molecule is Br.Cc1ccc(OP(Oc2ccc(C)cc2)C(C)C)cc1. The van der Waals surface area contributed by atoms with Crippen molar-refractivity contribution in [2.75, 3.05) is 0 Å². The third-order valence-electron chi connectivity index (χ3n) is 2.85. The Bertz CT molecular complexity index is 490. The number of aryl methyl sites for hydroxylation is 2. The number of halogens is 1. The highest BCUT2D eigenvalue weighted by Crippen LogP contribution is 2.44. The maximum Gasteiger partial charge on any atom is 0.293 e. The highest BCUT2D eigenvalue weighted by atomic mass is 79.9. The monoisotopic (exact) mass is 368 g/mol. The van der Waals surface area contributed by atoms with E-state index in [0.29, 0.717) is 5.66 Å². The molecule has 4 heteroatoms. The van der Waals surface area contributed by atoms with Crippen molar-refractivity contribution < 1.29 is 9.05 Å². The molecule has 0 aromatic heterocycles. The molecule has 0 saturated carbocycles. The number of hydrogen-bond donors (Lipinski definition) is 0. The van der Waals surface area contributed by atoms with Gasteiger partial charge in [0.1, 0.15) is 11.5 Å². The molecule has 0 fully saturated rings. The van der Waals surface area contributed by atoms with E-state index in [1.54, 1.807) is 0 Å². The summed E-state index contributed by atoms with van der Waals surface area (Å²) < 4.78 is 12.0. The summed E-state index contributed by atoms with van der Waals surface area (Å²) in [5.41, 5.74) is 2.78. The van der Waals surface area contributed by atoms with Gasteiger partial charge in [0, 0.05) is 5.66 Å². The fourth-order valence-corrected chi connectivity index (χ4v) is 2.75. The summed E-state index contributed by atoms with van der Waals surface area (Å²) in [6, 6.07) is 16.2. The molecule has 0 amide bonds. The number of hydrogen-bond acceptors (Lipinski definition) is 2. The zero-order valence-electron chi connectivity index (χ0n) is 12.9. The largest absolute Gasteiger partial charge is 0.438 e. The Morgan fingerprint density at radius 1 is 0.714 bits per heavy atom. The number of benzene rings is 2. The zero-order chi connectivity index (χ0) is 14.5. The van der Waals surface area contributed by atoms with Crippen molar-refractivity contribution in [2.24, 2.45) is 0 Å². The first-order chi connectivity index (χ1) is 9.54. The molecule has 0 atom stereocenters. The van der Waals surface area contributed by atoms with Crippen LogP contribution in [0.3, 0.4) is 0 Å². The molecular weight excluding hydrogens is 347 g/mol. The van der Waals surface area contributed by atoms with Crippen molar-refractivity contribution in [3.63, 3.8) is 0 Å². The number of rotatable bonds is 5. The highest BCUT2D eigenvalue weighted by Gasteiger charge is 2.19. The van der Waals surface area contributed by atoms with Crippen LogP contribution in [0.15, 0.2) is 48.5 Å². The average Bonchev–Trinajstić information content (AvgIpc) is 2.42. The first kappa shape index (κ1) is 18.0. The Labute approximate surface area is 139 Å². The summed E-state index contributed by atoms with van der Waals surface area (Å²) in [6.07, 6.45) is 0. The normalized spacial score (nSPS) is 10.4. The summed E-state index contributed by atoms with van der Waals surface area (Å²) in [7, 11) is -0.991. The van der Waals surface area contributed by atoms with Crippen LogP contribution in [-0.2, 0) is 0 Å². The Morgan fingerprint density at radius 3 is 1.33 bits per heavy atom. The molecule has 0 heterocycles. The molecule has 0 radical (unpaired) electrons. The molecule has 0 N–H and O–H groups in total. The minimum atomic E-state index is -0.991. The maximum absolute atomic E-state index is 6.01. The van der Waals surface area contributed by atoms with E-state index in [2.05, 4.69) is 52.0 Å². The van der Waals surface area contributed by atoms with Crippen LogP contribution in [0.5, 0.6) is 11.5 Å². The molecule has 0 bridgehead atoms. The summed E-state index contributed by atoms with van der Waals surface area (Å²) in [6.45, 7) is 8.37. The van der Waals surface area contributed by atoms with Crippen LogP contribution >= 0.6 is 25.4 Å². The molecule has 2 nitrogen and oxygen atoms in total. The minimum Gasteiger partial charge on any atom is -0.438 e. The summed E-state index contributed by atoms with van der Waals surface area (Å²) in [4.78, 5) is 0. The van der Waals surface area contributed by atoms with E-state index in [-0.39, 0.29) is 17.0 Å². The fourth-order valence-electron chi connectivity index (χ4n) is 1.64. The van der Waals surface area contributed by atoms with E-state index in [9.17, 15) is 0 Å². The van der Waals surface area contributed by atoms with E-state index in [1.165, 1.54) is 11.1 Å². The third-order valence-corrected chi connectivity index (χ3v) is 4.48. The van der Waals surface area contributed by atoms with Crippen molar-refractivity contribution in [3.8, 4) is 11.5 Å². The molecular formula is C17H22BrO2P. The van der Waals surface area contributed by atoms with Crippen LogP contribution in [0, 0.1) is 13.8 Å². The summed E-state index contributed by atoms with van der Waals surface area (Å²) in [5.74, 6) is 1.73. The van der Waals surface area contributed by atoms with E-state index >= 15 is 0 Å². The van der Waals surface area contributed by atoms with E-state index in [0.717, 1.165) is 11.5 Å². The second-order valence-corrected chi connectivity index (χ2v) is 7.16. The van der Waals surface area contributed by atoms with Crippen LogP contribution in [0.25, 0.3) is 0 Å². The highest BCUT2D eigenvalue weighted by molar-refractivity contribution is 8.93. The van der Waals surface area contributed by atoms with Gasteiger partial charge in [0.05, 0.1) is 0 Å². The lowest BCUT2D eigenvalue weighted by atomic mass is 10.2. The van der Waals surface area contributed by atoms with Crippen LogP contribution in [0.1, 0.15) is 25.0 Å². The molecule has 0 aliphatic carbocycles. The molecule has 0 saturated heterocycles. The lowest BCUT2D eigenvalue weighted by molar-refractivity contribution is 0.479. The summed E-state index contributed by atoms with van der Waals surface area (Å²) in [5, 5.41) is 0. The van der Waals surface area contributed by atoms with Gasteiger partial charge in [0.2, 0.25) is 0 Å². The van der Waals surface area contributed by atoms with E-state index in [4.69, 9.17) is 9.05 Å². The molecule has 2 aromatic carbocycles. The molecule has 0 aliphatic heterocycles. The molecule has 0 aliphatic rings. The van der Waals surface area contributed by atoms with Crippen molar-refractivity contribution in [1.29, 1.82) is 0 Å². The quantitative estimate of drug-likeness (QED) is 0.597.